The molecule has 166 valence electrons. The van der Waals surface area contributed by atoms with Crippen LogP contribution in [0.2, 0.25) is 0 Å². The van der Waals surface area contributed by atoms with E-state index in [1.54, 1.807) is 28.6 Å². The topological polar surface area (TPSA) is 76.5 Å². The number of amides is 2. The SMILES string of the molecule is Cc1ccc(C(=O)N2CCC3(CC2)Cc2c(c(C(=O)NC(C)C)nn2C)CO3)cc1F. The Kier molecular flexibility index (Phi) is 5.60. The van der Waals surface area contributed by atoms with E-state index in [2.05, 4.69) is 10.4 Å². The average Bonchev–Trinajstić information content (AvgIpc) is 3.05. The van der Waals surface area contributed by atoms with E-state index in [1.165, 1.54) is 6.07 Å². The van der Waals surface area contributed by atoms with Crippen molar-refractivity contribution in [1.29, 1.82) is 0 Å². The normalized spacial score (nSPS) is 17.7. The summed E-state index contributed by atoms with van der Waals surface area (Å²) in [4.78, 5) is 27.1. The van der Waals surface area contributed by atoms with Gasteiger partial charge >= 0.3 is 0 Å². The molecule has 0 bridgehead atoms. The third kappa shape index (κ3) is 4.08. The van der Waals surface area contributed by atoms with E-state index in [0.29, 0.717) is 55.8 Å². The molecule has 1 saturated heterocycles. The number of hydrogen-bond acceptors (Lipinski definition) is 4. The number of likely N-dealkylation sites (tertiary alicyclic amines) is 1. The van der Waals surface area contributed by atoms with Gasteiger partial charge in [-0.3, -0.25) is 14.3 Å². The Balaban J connectivity index is 1.46. The van der Waals surface area contributed by atoms with Crippen LogP contribution in [0.15, 0.2) is 18.2 Å². The second-order valence-electron chi connectivity index (χ2n) is 8.93. The summed E-state index contributed by atoms with van der Waals surface area (Å²) in [5.41, 5.74) is 2.81. The van der Waals surface area contributed by atoms with Crippen LogP contribution >= 0.6 is 0 Å². The molecule has 1 aromatic carbocycles. The van der Waals surface area contributed by atoms with Crippen molar-refractivity contribution in [2.24, 2.45) is 7.05 Å². The van der Waals surface area contributed by atoms with Gasteiger partial charge in [-0.05, 0) is 51.3 Å². The van der Waals surface area contributed by atoms with Crippen LogP contribution in [0.3, 0.4) is 0 Å². The van der Waals surface area contributed by atoms with E-state index in [-0.39, 0.29) is 29.3 Å². The average molecular weight is 429 g/mol. The van der Waals surface area contributed by atoms with Crippen LogP contribution in [0, 0.1) is 12.7 Å². The molecule has 0 unspecified atom stereocenters. The zero-order chi connectivity index (χ0) is 22.3. The standard InChI is InChI=1S/C23H29FN4O3/c1-14(2)25-21(29)20-17-13-31-23(12-19(17)27(4)26-20)7-9-28(10-8-23)22(30)16-6-5-15(3)18(24)11-16/h5-6,11,14H,7-10,12-13H2,1-4H3,(H,25,29). The van der Waals surface area contributed by atoms with Gasteiger partial charge in [-0.1, -0.05) is 6.07 Å². The number of nitrogens with zero attached hydrogens (tertiary/aromatic N) is 3. The van der Waals surface area contributed by atoms with Gasteiger partial charge in [0.1, 0.15) is 5.82 Å². The first kappa shape index (κ1) is 21.5. The number of nitrogens with one attached hydrogen (secondary N) is 1. The van der Waals surface area contributed by atoms with Crippen LogP contribution in [0.4, 0.5) is 4.39 Å². The fraction of sp³-hybridized carbons (Fsp3) is 0.522. The molecule has 0 atom stereocenters. The maximum Gasteiger partial charge on any atom is 0.272 e. The first-order chi connectivity index (χ1) is 14.7. The molecule has 2 amide bonds. The molecule has 7 nitrogen and oxygen atoms in total. The number of carbonyl (C=O) groups is 2. The highest BCUT2D eigenvalue weighted by molar-refractivity contribution is 5.95. The minimum absolute atomic E-state index is 0.0323. The van der Waals surface area contributed by atoms with Crippen LogP contribution in [0.1, 0.15) is 64.4 Å². The van der Waals surface area contributed by atoms with E-state index in [4.69, 9.17) is 4.74 Å². The number of halogens is 1. The Morgan fingerprint density at radius 2 is 1.97 bits per heavy atom. The van der Waals surface area contributed by atoms with Crippen molar-refractivity contribution >= 4 is 11.8 Å². The van der Waals surface area contributed by atoms with E-state index < -0.39 is 0 Å². The minimum atomic E-state index is -0.373. The number of aromatic nitrogens is 2. The van der Waals surface area contributed by atoms with Gasteiger partial charge in [-0.2, -0.15) is 5.10 Å². The highest BCUT2D eigenvalue weighted by Crippen LogP contribution is 2.37. The highest BCUT2D eigenvalue weighted by Gasteiger charge is 2.42. The Hall–Kier alpha value is -2.74. The fourth-order valence-corrected chi connectivity index (χ4v) is 4.42. The summed E-state index contributed by atoms with van der Waals surface area (Å²) >= 11 is 0. The number of carbonyl (C=O) groups excluding carboxylic acids is 2. The fourth-order valence-electron chi connectivity index (χ4n) is 4.42. The number of hydrogen-bond donors (Lipinski definition) is 1. The lowest BCUT2D eigenvalue weighted by Gasteiger charge is -2.43. The van der Waals surface area contributed by atoms with Crippen molar-refractivity contribution < 1.29 is 18.7 Å². The van der Waals surface area contributed by atoms with E-state index in [0.717, 1.165) is 11.3 Å². The van der Waals surface area contributed by atoms with Crippen LogP contribution in [0.5, 0.6) is 0 Å². The minimum Gasteiger partial charge on any atom is -0.370 e. The van der Waals surface area contributed by atoms with E-state index in [1.807, 2.05) is 20.9 Å². The van der Waals surface area contributed by atoms with Crippen molar-refractivity contribution in [1.82, 2.24) is 20.0 Å². The number of piperidine rings is 1. The third-order valence-corrected chi connectivity index (χ3v) is 6.30. The van der Waals surface area contributed by atoms with Crippen molar-refractivity contribution in [2.75, 3.05) is 13.1 Å². The molecule has 31 heavy (non-hydrogen) atoms. The Labute approximate surface area is 181 Å². The maximum absolute atomic E-state index is 13.9. The number of aryl methyl sites for hydroxylation is 2. The highest BCUT2D eigenvalue weighted by atomic mass is 19.1. The molecule has 0 saturated carbocycles. The second kappa shape index (κ2) is 8.07. The largest absolute Gasteiger partial charge is 0.370 e. The molecule has 4 rings (SSSR count). The molecule has 2 aliphatic rings. The van der Waals surface area contributed by atoms with Crippen LogP contribution in [0.25, 0.3) is 0 Å². The Morgan fingerprint density at radius 3 is 2.61 bits per heavy atom. The van der Waals surface area contributed by atoms with Crippen molar-refractivity contribution in [2.45, 2.75) is 58.3 Å². The smallest absolute Gasteiger partial charge is 0.272 e. The van der Waals surface area contributed by atoms with Gasteiger partial charge in [-0.25, -0.2) is 4.39 Å². The van der Waals surface area contributed by atoms with Gasteiger partial charge in [0.05, 0.1) is 12.2 Å². The lowest BCUT2D eigenvalue weighted by atomic mass is 9.83. The van der Waals surface area contributed by atoms with Gasteiger partial charge in [-0.15, -0.1) is 0 Å². The molecule has 0 aliphatic carbocycles. The first-order valence-electron chi connectivity index (χ1n) is 10.7. The lowest BCUT2D eigenvalue weighted by molar-refractivity contribution is -0.0990. The molecule has 3 heterocycles. The predicted molar refractivity (Wildman–Crippen MR) is 113 cm³/mol. The molecular formula is C23H29FN4O3. The summed E-state index contributed by atoms with van der Waals surface area (Å²) < 4.78 is 21.9. The van der Waals surface area contributed by atoms with Gasteiger partial charge in [0.2, 0.25) is 0 Å². The maximum atomic E-state index is 13.9. The number of fused-ring (bicyclic) bond motifs is 1. The summed E-state index contributed by atoms with van der Waals surface area (Å²) in [6.07, 6.45) is 2.03. The predicted octanol–water partition coefficient (Wildman–Crippen LogP) is 2.75. The molecular weight excluding hydrogens is 399 g/mol. The molecule has 1 N–H and O–H groups in total. The van der Waals surface area contributed by atoms with Crippen molar-refractivity contribution in [3.05, 3.63) is 52.1 Å². The Morgan fingerprint density at radius 1 is 1.26 bits per heavy atom. The third-order valence-electron chi connectivity index (χ3n) is 6.30. The quantitative estimate of drug-likeness (QED) is 0.816. The molecule has 2 aromatic rings. The Bertz CT molecular complexity index is 1020. The van der Waals surface area contributed by atoms with E-state index >= 15 is 0 Å². The number of benzene rings is 1. The van der Waals surface area contributed by atoms with Crippen LogP contribution in [-0.4, -0.2) is 51.2 Å². The monoisotopic (exact) mass is 428 g/mol. The first-order valence-corrected chi connectivity index (χ1v) is 10.7. The molecule has 0 radical (unpaired) electrons. The van der Waals surface area contributed by atoms with Gasteiger partial charge < -0.3 is 15.0 Å². The molecule has 1 fully saturated rings. The van der Waals surface area contributed by atoms with E-state index in [9.17, 15) is 14.0 Å². The molecule has 1 aromatic heterocycles. The van der Waals surface area contributed by atoms with Gasteiger partial charge in [0.25, 0.3) is 11.8 Å². The zero-order valence-electron chi connectivity index (χ0n) is 18.5. The summed E-state index contributed by atoms with van der Waals surface area (Å²) in [7, 11) is 1.86. The number of rotatable bonds is 3. The second-order valence-corrected chi connectivity index (χ2v) is 8.93. The van der Waals surface area contributed by atoms with Crippen molar-refractivity contribution in [3.63, 3.8) is 0 Å². The molecule has 1 spiro atoms. The zero-order valence-corrected chi connectivity index (χ0v) is 18.5. The lowest BCUT2D eigenvalue weighted by Crippen LogP contribution is -2.50. The van der Waals surface area contributed by atoms with Crippen molar-refractivity contribution in [3.8, 4) is 0 Å². The van der Waals surface area contributed by atoms with Crippen LogP contribution in [-0.2, 0) is 24.8 Å². The summed E-state index contributed by atoms with van der Waals surface area (Å²) in [5.74, 6) is -0.702. The van der Waals surface area contributed by atoms with Crippen LogP contribution < -0.4 is 5.32 Å². The molecule has 8 heteroatoms. The molecule has 2 aliphatic heterocycles. The number of ether oxygens (including phenoxy) is 1. The summed E-state index contributed by atoms with van der Waals surface area (Å²) in [6, 6.07) is 4.65. The summed E-state index contributed by atoms with van der Waals surface area (Å²) in [6.45, 7) is 6.93. The van der Waals surface area contributed by atoms with Gasteiger partial charge in [0, 0.05) is 49.4 Å². The summed E-state index contributed by atoms with van der Waals surface area (Å²) in [5, 5.41) is 7.34. The van der Waals surface area contributed by atoms with Gasteiger partial charge in [0.15, 0.2) is 5.69 Å².